The van der Waals surface area contributed by atoms with Crippen molar-refractivity contribution in [2.75, 3.05) is 38.4 Å². The Morgan fingerprint density at radius 3 is 2.88 bits per heavy atom. The largest absolute Gasteiger partial charge is 0.397 e. The number of hydrogen-bond donors (Lipinski definition) is 2. The van der Waals surface area contributed by atoms with E-state index in [9.17, 15) is 0 Å². The maximum absolute atomic E-state index is 5.96. The van der Waals surface area contributed by atoms with Crippen LogP contribution in [-0.2, 0) is 9.47 Å². The van der Waals surface area contributed by atoms with E-state index in [1.807, 2.05) is 0 Å². The number of pyridine rings is 1. The van der Waals surface area contributed by atoms with Crippen LogP contribution in [0.1, 0.15) is 0 Å². The van der Waals surface area contributed by atoms with Crippen molar-refractivity contribution in [1.82, 2.24) is 4.98 Å². The average molecular weight is 246 g/mol. The van der Waals surface area contributed by atoms with E-state index in [1.165, 1.54) is 0 Å². The van der Waals surface area contributed by atoms with Gasteiger partial charge in [0.1, 0.15) is 5.82 Å². The number of anilines is 2. The molecule has 0 fully saturated rings. The van der Waals surface area contributed by atoms with Crippen LogP contribution in [-0.4, -0.2) is 38.5 Å². The molecule has 1 atom stereocenters. The number of nitrogen functional groups attached to an aromatic ring is 1. The molecule has 90 valence electrons. The molecule has 1 aromatic heterocycles. The SMILES string of the molecule is COCC(CNc1ncc(N)cc1Cl)OC. The summed E-state index contributed by atoms with van der Waals surface area (Å²) in [5.41, 5.74) is 6.08. The average Bonchev–Trinajstić information content (AvgIpc) is 2.26. The molecule has 1 heterocycles. The highest BCUT2D eigenvalue weighted by molar-refractivity contribution is 6.33. The van der Waals surface area contributed by atoms with Crippen LogP contribution in [0.5, 0.6) is 0 Å². The van der Waals surface area contributed by atoms with Crippen LogP contribution >= 0.6 is 11.6 Å². The van der Waals surface area contributed by atoms with Crippen LogP contribution in [0.2, 0.25) is 5.02 Å². The molecule has 0 amide bonds. The Morgan fingerprint density at radius 2 is 2.31 bits per heavy atom. The highest BCUT2D eigenvalue weighted by Gasteiger charge is 2.08. The van der Waals surface area contributed by atoms with Gasteiger partial charge in [-0.15, -0.1) is 0 Å². The lowest BCUT2D eigenvalue weighted by Crippen LogP contribution is -2.27. The summed E-state index contributed by atoms with van der Waals surface area (Å²) in [6.45, 7) is 1.08. The van der Waals surface area contributed by atoms with E-state index < -0.39 is 0 Å². The third kappa shape index (κ3) is 3.84. The number of methoxy groups -OCH3 is 2. The number of halogens is 1. The van der Waals surface area contributed by atoms with Crippen molar-refractivity contribution in [3.63, 3.8) is 0 Å². The zero-order chi connectivity index (χ0) is 12.0. The molecule has 5 nitrogen and oxygen atoms in total. The molecule has 0 aliphatic rings. The molecule has 16 heavy (non-hydrogen) atoms. The topological polar surface area (TPSA) is 69.4 Å². The summed E-state index contributed by atoms with van der Waals surface area (Å²) >= 11 is 5.96. The molecule has 1 rings (SSSR count). The van der Waals surface area contributed by atoms with Gasteiger partial charge in [0.25, 0.3) is 0 Å². The van der Waals surface area contributed by atoms with E-state index in [2.05, 4.69) is 10.3 Å². The smallest absolute Gasteiger partial charge is 0.145 e. The number of nitrogens with one attached hydrogen (secondary N) is 1. The Hall–Kier alpha value is -1.04. The predicted octanol–water partition coefficient (Wildman–Crippen LogP) is 1.39. The van der Waals surface area contributed by atoms with E-state index >= 15 is 0 Å². The van der Waals surface area contributed by atoms with Crippen LogP contribution < -0.4 is 11.1 Å². The number of aromatic nitrogens is 1. The third-order valence-electron chi connectivity index (χ3n) is 2.05. The predicted molar refractivity (Wildman–Crippen MR) is 64.8 cm³/mol. The Bertz CT molecular complexity index is 336. The summed E-state index contributed by atoms with van der Waals surface area (Å²) in [5.74, 6) is 0.592. The zero-order valence-electron chi connectivity index (χ0n) is 9.37. The summed E-state index contributed by atoms with van der Waals surface area (Å²) in [7, 11) is 3.25. The van der Waals surface area contributed by atoms with E-state index in [4.69, 9.17) is 26.8 Å². The van der Waals surface area contributed by atoms with Gasteiger partial charge in [-0.3, -0.25) is 0 Å². The molecule has 0 saturated heterocycles. The zero-order valence-corrected chi connectivity index (χ0v) is 10.1. The molecule has 3 N–H and O–H groups in total. The van der Waals surface area contributed by atoms with Gasteiger partial charge in [0.2, 0.25) is 0 Å². The maximum atomic E-state index is 5.96. The van der Waals surface area contributed by atoms with Crippen molar-refractivity contribution in [1.29, 1.82) is 0 Å². The van der Waals surface area contributed by atoms with E-state index in [0.717, 1.165) is 0 Å². The quantitative estimate of drug-likeness (QED) is 0.793. The Labute approximate surface area is 99.9 Å². The molecule has 6 heteroatoms. The Kier molecular flexibility index (Phi) is 5.31. The molecule has 0 aliphatic carbocycles. The fourth-order valence-electron chi connectivity index (χ4n) is 1.19. The van der Waals surface area contributed by atoms with Crippen molar-refractivity contribution in [3.8, 4) is 0 Å². The Morgan fingerprint density at radius 1 is 1.56 bits per heavy atom. The second kappa shape index (κ2) is 6.52. The second-order valence-corrected chi connectivity index (χ2v) is 3.70. The van der Waals surface area contributed by atoms with E-state index in [1.54, 1.807) is 26.5 Å². The molecule has 1 aromatic rings. The van der Waals surface area contributed by atoms with E-state index in [-0.39, 0.29) is 6.10 Å². The van der Waals surface area contributed by atoms with Crippen molar-refractivity contribution in [2.24, 2.45) is 0 Å². The number of rotatable bonds is 6. The Balaban J connectivity index is 2.53. The minimum atomic E-state index is -0.0413. The van der Waals surface area contributed by atoms with Crippen LogP contribution in [0.25, 0.3) is 0 Å². The lowest BCUT2D eigenvalue weighted by molar-refractivity contribution is 0.0365. The first-order valence-electron chi connectivity index (χ1n) is 4.84. The maximum Gasteiger partial charge on any atom is 0.145 e. The van der Waals surface area contributed by atoms with Crippen molar-refractivity contribution >= 4 is 23.1 Å². The van der Waals surface area contributed by atoms with Gasteiger partial charge in [0.15, 0.2) is 0 Å². The number of nitrogens with two attached hydrogens (primary N) is 1. The number of ether oxygens (including phenoxy) is 2. The summed E-state index contributed by atoms with van der Waals surface area (Å²) in [5, 5.41) is 3.57. The highest BCUT2D eigenvalue weighted by atomic mass is 35.5. The summed E-state index contributed by atoms with van der Waals surface area (Å²) in [6.07, 6.45) is 1.51. The monoisotopic (exact) mass is 245 g/mol. The molecule has 0 saturated carbocycles. The van der Waals surface area contributed by atoms with Crippen LogP contribution in [0, 0.1) is 0 Å². The number of hydrogen-bond acceptors (Lipinski definition) is 5. The summed E-state index contributed by atoms with van der Waals surface area (Å²) in [4.78, 5) is 4.08. The fraction of sp³-hybridized carbons (Fsp3) is 0.500. The van der Waals surface area contributed by atoms with Gasteiger partial charge in [0, 0.05) is 20.8 Å². The molecule has 0 aliphatic heterocycles. The molecule has 1 unspecified atom stereocenters. The summed E-state index contributed by atoms with van der Waals surface area (Å²) in [6, 6.07) is 1.65. The van der Waals surface area contributed by atoms with Crippen molar-refractivity contribution < 1.29 is 9.47 Å². The minimum Gasteiger partial charge on any atom is -0.397 e. The highest BCUT2D eigenvalue weighted by Crippen LogP contribution is 2.20. The van der Waals surface area contributed by atoms with Gasteiger partial charge in [-0.25, -0.2) is 4.98 Å². The first kappa shape index (κ1) is 13.0. The van der Waals surface area contributed by atoms with Gasteiger partial charge in [-0.2, -0.15) is 0 Å². The normalized spacial score (nSPS) is 12.4. The standard InChI is InChI=1S/C10H16ClN3O2/c1-15-6-8(16-2)5-14-10-9(11)3-7(12)4-13-10/h3-4,8H,5-6,12H2,1-2H3,(H,13,14). The molecular weight excluding hydrogens is 230 g/mol. The van der Waals surface area contributed by atoms with Crippen LogP contribution in [0.3, 0.4) is 0 Å². The lowest BCUT2D eigenvalue weighted by Gasteiger charge is -2.15. The van der Waals surface area contributed by atoms with Crippen LogP contribution in [0.4, 0.5) is 11.5 Å². The molecule has 0 aromatic carbocycles. The van der Waals surface area contributed by atoms with Gasteiger partial charge < -0.3 is 20.5 Å². The van der Waals surface area contributed by atoms with Crippen molar-refractivity contribution in [2.45, 2.75) is 6.10 Å². The molecule has 0 spiro atoms. The molecule has 0 bridgehead atoms. The summed E-state index contributed by atoms with van der Waals surface area (Å²) < 4.78 is 10.2. The molecule has 0 radical (unpaired) electrons. The molecular formula is C10H16ClN3O2. The van der Waals surface area contributed by atoms with Gasteiger partial charge in [-0.1, -0.05) is 11.6 Å². The van der Waals surface area contributed by atoms with Gasteiger partial charge >= 0.3 is 0 Å². The first-order valence-corrected chi connectivity index (χ1v) is 5.21. The fourth-order valence-corrected chi connectivity index (χ4v) is 1.43. The second-order valence-electron chi connectivity index (χ2n) is 3.29. The number of nitrogens with zero attached hydrogens (tertiary/aromatic N) is 1. The van der Waals surface area contributed by atoms with Gasteiger partial charge in [-0.05, 0) is 6.07 Å². The lowest BCUT2D eigenvalue weighted by atomic mass is 10.3. The van der Waals surface area contributed by atoms with Crippen LogP contribution in [0.15, 0.2) is 12.3 Å². The first-order chi connectivity index (χ1) is 7.67. The van der Waals surface area contributed by atoms with Gasteiger partial charge in [0.05, 0.1) is 29.6 Å². The minimum absolute atomic E-state index is 0.0413. The van der Waals surface area contributed by atoms with E-state index in [0.29, 0.717) is 29.7 Å². The third-order valence-corrected chi connectivity index (χ3v) is 2.33. The van der Waals surface area contributed by atoms with Crippen molar-refractivity contribution in [3.05, 3.63) is 17.3 Å².